The summed E-state index contributed by atoms with van der Waals surface area (Å²) in [6.45, 7) is 1.60. The fourth-order valence-corrected chi connectivity index (χ4v) is 2.71. The summed E-state index contributed by atoms with van der Waals surface area (Å²) in [5, 5.41) is 0. The average molecular weight is 410 g/mol. The van der Waals surface area contributed by atoms with Gasteiger partial charge in [-0.3, -0.25) is 19.1 Å². The zero-order valence-corrected chi connectivity index (χ0v) is 16.2. The molecule has 1 aromatic heterocycles. The van der Waals surface area contributed by atoms with E-state index in [1.165, 1.54) is 12.1 Å². The van der Waals surface area contributed by atoms with E-state index in [0.29, 0.717) is 18.2 Å². The first-order chi connectivity index (χ1) is 13.9. The summed E-state index contributed by atoms with van der Waals surface area (Å²) in [6.07, 6.45) is 4.58. The number of hydrogen-bond acceptors (Lipinski definition) is 5. The van der Waals surface area contributed by atoms with Crippen LogP contribution < -0.4 is 11.2 Å². The zero-order chi connectivity index (χ0) is 21.2. The molecule has 158 valence electrons. The second-order valence-corrected chi connectivity index (χ2v) is 6.51. The lowest BCUT2D eigenvalue weighted by molar-refractivity contribution is -0.163. The maximum Gasteiger partial charge on any atom is 0.330 e. The van der Waals surface area contributed by atoms with Crippen molar-refractivity contribution in [2.45, 2.75) is 51.7 Å². The van der Waals surface area contributed by atoms with Crippen LogP contribution in [0.5, 0.6) is 0 Å². The lowest BCUT2D eigenvalue weighted by atomic mass is 10.1. The Labute approximate surface area is 166 Å². The number of nitrogens with one attached hydrogen (secondary N) is 1. The molecule has 2 aromatic rings. The van der Waals surface area contributed by atoms with Crippen LogP contribution in [0.1, 0.15) is 57.2 Å². The summed E-state index contributed by atoms with van der Waals surface area (Å²) in [4.78, 5) is 37.0. The molecule has 0 amide bonds. The SMILES string of the molecule is CCCCCCCC(=O)OCOC(c1ccc(F)cc1)n1cc(F)c(=O)[nH]c1=O. The molecule has 1 N–H and O–H groups in total. The number of carbonyl (C=O) groups excluding carboxylic acids is 1. The van der Waals surface area contributed by atoms with Crippen LogP contribution in [-0.4, -0.2) is 22.3 Å². The van der Waals surface area contributed by atoms with Crippen LogP contribution in [0.25, 0.3) is 0 Å². The van der Waals surface area contributed by atoms with E-state index in [-0.39, 0.29) is 6.42 Å². The number of esters is 1. The van der Waals surface area contributed by atoms with E-state index in [2.05, 4.69) is 6.92 Å². The van der Waals surface area contributed by atoms with Crippen LogP contribution >= 0.6 is 0 Å². The summed E-state index contributed by atoms with van der Waals surface area (Å²) >= 11 is 0. The van der Waals surface area contributed by atoms with E-state index >= 15 is 0 Å². The third-order valence-electron chi connectivity index (χ3n) is 4.26. The summed E-state index contributed by atoms with van der Waals surface area (Å²) in [5.41, 5.74) is -1.79. The van der Waals surface area contributed by atoms with E-state index in [4.69, 9.17) is 9.47 Å². The van der Waals surface area contributed by atoms with E-state index in [9.17, 15) is 23.2 Å². The van der Waals surface area contributed by atoms with Gasteiger partial charge < -0.3 is 9.47 Å². The van der Waals surface area contributed by atoms with Crippen LogP contribution in [0.2, 0.25) is 0 Å². The minimum Gasteiger partial charge on any atom is -0.438 e. The van der Waals surface area contributed by atoms with Crippen LogP contribution in [0, 0.1) is 11.6 Å². The van der Waals surface area contributed by atoms with E-state index in [1.807, 2.05) is 4.98 Å². The Bertz CT molecular complexity index is 908. The van der Waals surface area contributed by atoms with Gasteiger partial charge in [-0.25, -0.2) is 9.18 Å². The monoisotopic (exact) mass is 410 g/mol. The molecular formula is C20H24F2N2O5. The van der Waals surface area contributed by atoms with Gasteiger partial charge in [0.1, 0.15) is 5.82 Å². The maximum absolute atomic E-state index is 13.7. The quantitative estimate of drug-likeness (QED) is 0.349. The lowest BCUT2D eigenvalue weighted by Crippen LogP contribution is -2.35. The van der Waals surface area contributed by atoms with Gasteiger partial charge in [0.2, 0.25) is 5.82 Å². The standard InChI is InChI=1S/C20H24F2N2O5/c1-2-3-4-5-6-7-17(25)28-13-29-19(14-8-10-15(21)11-9-14)24-12-16(22)18(26)23-20(24)27/h8-12,19H,2-7,13H2,1H3,(H,23,26,27). The highest BCUT2D eigenvalue weighted by Gasteiger charge is 2.19. The van der Waals surface area contributed by atoms with Crippen molar-refractivity contribution in [2.75, 3.05) is 6.79 Å². The Hall–Kier alpha value is -2.81. The summed E-state index contributed by atoms with van der Waals surface area (Å²) in [5.74, 6) is -2.16. The molecule has 0 aliphatic carbocycles. The Kier molecular flexibility index (Phi) is 8.72. The first-order valence-electron chi connectivity index (χ1n) is 9.46. The third-order valence-corrected chi connectivity index (χ3v) is 4.26. The van der Waals surface area contributed by atoms with Crippen molar-refractivity contribution >= 4 is 5.97 Å². The Morgan fingerprint density at radius 3 is 2.48 bits per heavy atom. The van der Waals surface area contributed by atoms with Gasteiger partial charge in [0, 0.05) is 12.0 Å². The number of H-pyrrole nitrogens is 1. The summed E-state index contributed by atoms with van der Waals surface area (Å²) in [7, 11) is 0. The minimum absolute atomic E-state index is 0.238. The number of hydrogen-bond donors (Lipinski definition) is 1. The van der Waals surface area contributed by atoms with Gasteiger partial charge in [0.15, 0.2) is 13.0 Å². The molecule has 9 heteroatoms. The first-order valence-corrected chi connectivity index (χ1v) is 9.46. The van der Waals surface area contributed by atoms with Gasteiger partial charge in [-0.1, -0.05) is 44.7 Å². The molecule has 0 aliphatic heterocycles. The third kappa shape index (κ3) is 6.94. The molecule has 0 spiro atoms. The number of unbranched alkanes of at least 4 members (excludes halogenated alkanes) is 4. The fraction of sp³-hybridized carbons (Fsp3) is 0.450. The largest absolute Gasteiger partial charge is 0.438 e. The van der Waals surface area contributed by atoms with Crippen LogP contribution in [0.4, 0.5) is 8.78 Å². The second kappa shape index (κ2) is 11.3. The predicted octanol–water partition coefficient (Wildman–Crippen LogP) is 3.24. The number of benzene rings is 1. The number of ether oxygens (including phenoxy) is 2. The molecule has 0 saturated heterocycles. The van der Waals surface area contributed by atoms with Crippen LogP contribution in [0.15, 0.2) is 40.1 Å². The molecule has 1 heterocycles. The van der Waals surface area contributed by atoms with Gasteiger partial charge in [-0.05, 0) is 18.6 Å². The van der Waals surface area contributed by atoms with Crippen molar-refractivity contribution in [3.05, 3.63) is 68.5 Å². The van der Waals surface area contributed by atoms with Gasteiger partial charge in [-0.15, -0.1) is 0 Å². The summed E-state index contributed by atoms with van der Waals surface area (Å²) < 4.78 is 38.2. The van der Waals surface area contributed by atoms with E-state index in [0.717, 1.165) is 42.4 Å². The number of nitrogens with zero attached hydrogens (tertiary/aromatic N) is 1. The molecule has 0 radical (unpaired) electrons. The molecule has 1 atom stereocenters. The topological polar surface area (TPSA) is 90.4 Å². The molecule has 0 aliphatic rings. The van der Waals surface area contributed by atoms with Crippen molar-refractivity contribution in [3.8, 4) is 0 Å². The first kappa shape index (κ1) is 22.5. The minimum atomic E-state index is -1.23. The molecule has 1 unspecified atom stereocenters. The lowest BCUT2D eigenvalue weighted by Gasteiger charge is -2.20. The van der Waals surface area contributed by atoms with Gasteiger partial charge in [0.25, 0.3) is 5.56 Å². The number of carbonyl (C=O) groups is 1. The van der Waals surface area contributed by atoms with Crippen LogP contribution in [0.3, 0.4) is 0 Å². The number of halogens is 2. The van der Waals surface area contributed by atoms with Crippen molar-refractivity contribution in [3.63, 3.8) is 0 Å². The van der Waals surface area contributed by atoms with Crippen molar-refractivity contribution in [2.24, 2.45) is 0 Å². The highest BCUT2D eigenvalue weighted by molar-refractivity contribution is 5.69. The average Bonchev–Trinajstić information content (AvgIpc) is 2.69. The number of aromatic amines is 1. The molecule has 1 aromatic carbocycles. The normalized spacial score (nSPS) is 12.0. The molecule has 29 heavy (non-hydrogen) atoms. The fourth-order valence-electron chi connectivity index (χ4n) is 2.71. The van der Waals surface area contributed by atoms with Gasteiger partial charge >= 0.3 is 11.7 Å². The van der Waals surface area contributed by atoms with Crippen LogP contribution in [-0.2, 0) is 14.3 Å². The summed E-state index contributed by atoms with van der Waals surface area (Å²) in [6, 6.07) is 4.96. The van der Waals surface area contributed by atoms with E-state index < -0.39 is 41.9 Å². The smallest absolute Gasteiger partial charge is 0.330 e. The highest BCUT2D eigenvalue weighted by atomic mass is 19.1. The van der Waals surface area contributed by atoms with Crippen molar-refractivity contribution in [1.29, 1.82) is 0 Å². The molecule has 7 nitrogen and oxygen atoms in total. The van der Waals surface area contributed by atoms with Crippen molar-refractivity contribution in [1.82, 2.24) is 9.55 Å². The molecule has 0 saturated carbocycles. The number of rotatable bonds is 11. The Morgan fingerprint density at radius 2 is 1.79 bits per heavy atom. The van der Waals surface area contributed by atoms with Gasteiger partial charge in [-0.2, -0.15) is 4.39 Å². The predicted molar refractivity (Wildman–Crippen MR) is 101 cm³/mol. The van der Waals surface area contributed by atoms with E-state index in [1.54, 1.807) is 0 Å². The maximum atomic E-state index is 13.7. The zero-order valence-electron chi connectivity index (χ0n) is 16.2. The van der Waals surface area contributed by atoms with Crippen molar-refractivity contribution < 1.29 is 23.0 Å². The molecular weight excluding hydrogens is 386 g/mol. The molecule has 0 fully saturated rings. The molecule has 0 bridgehead atoms. The highest BCUT2D eigenvalue weighted by Crippen LogP contribution is 2.19. The van der Waals surface area contributed by atoms with Gasteiger partial charge in [0.05, 0.1) is 6.20 Å². The Balaban J connectivity index is 2.05. The Morgan fingerprint density at radius 1 is 1.10 bits per heavy atom. The number of aromatic nitrogens is 2. The second-order valence-electron chi connectivity index (χ2n) is 6.51. The molecule has 2 rings (SSSR count).